The molecular weight excluding hydrogens is 399 g/mol. The maximum absolute atomic E-state index is 13.3. The number of nitrogens with zero attached hydrogens (tertiary/aromatic N) is 3. The van der Waals surface area contributed by atoms with Gasteiger partial charge in [-0.1, -0.05) is 0 Å². The van der Waals surface area contributed by atoms with Crippen molar-refractivity contribution in [3.63, 3.8) is 0 Å². The number of amides is 1. The van der Waals surface area contributed by atoms with Gasteiger partial charge in [0.15, 0.2) is 0 Å². The third kappa shape index (κ3) is 3.11. The Bertz CT molecular complexity index is 1000. The van der Waals surface area contributed by atoms with Crippen LogP contribution in [0.4, 0.5) is 4.39 Å². The molecule has 2 bridgehead atoms. The minimum absolute atomic E-state index is 0. The van der Waals surface area contributed by atoms with Crippen LogP contribution in [0.1, 0.15) is 34.6 Å². The number of hydrogen-bond donors (Lipinski definition) is 1. The minimum Gasteiger partial charge on any atom is -0.331 e. The average Bonchev–Trinajstić information content (AvgIpc) is 3.28. The van der Waals surface area contributed by atoms with Gasteiger partial charge < -0.3 is 10.2 Å². The van der Waals surface area contributed by atoms with Gasteiger partial charge in [-0.25, -0.2) is 9.07 Å². The van der Waals surface area contributed by atoms with Crippen molar-refractivity contribution >= 4 is 39.9 Å². The number of benzene rings is 1. The van der Waals surface area contributed by atoms with E-state index >= 15 is 0 Å². The monoisotopic (exact) mass is 420 g/mol. The highest BCUT2D eigenvalue weighted by Gasteiger charge is 2.39. The largest absolute Gasteiger partial charge is 0.331 e. The minimum atomic E-state index is -0.272. The highest BCUT2D eigenvalue weighted by molar-refractivity contribution is 7.20. The van der Waals surface area contributed by atoms with E-state index in [-0.39, 0.29) is 24.1 Å². The third-order valence-electron chi connectivity index (χ3n) is 5.72. The number of halogens is 2. The highest BCUT2D eigenvalue weighted by Crippen LogP contribution is 2.35. The summed E-state index contributed by atoms with van der Waals surface area (Å²) in [7, 11) is 0. The zero-order valence-corrected chi connectivity index (χ0v) is 17.2. The Morgan fingerprint density at radius 2 is 1.96 bits per heavy atom. The molecule has 2 aliphatic rings. The van der Waals surface area contributed by atoms with Crippen LogP contribution in [0.3, 0.4) is 0 Å². The van der Waals surface area contributed by atoms with Gasteiger partial charge in [0.05, 0.1) is 16.3 Å². The number of carbonyl (C=O) groups is 1. The molecule has 148 valence electrons. The zero-order valence-electron chi connectivity index (χ0n) is 15.5. The number of aromatic nitrogens is 2. The van der Waals surface area contributed by atoms with Crippen molar-refractivity contribution in [1.82, 2.24) is 20.0 Å². The van der Waals surface area contributed by atoms with Crippen molar-refractivity contribution in [3.05, 3.63) is 46.7 Å². The predicted molar refractivity (Wildman–Crippen MR) is 111 cm³/mol. The molecule has 2 fully saturated rings. The second kappa shape index (κ2) is 7.46. The summed E-state index contributed by atoms with van der Waals surface area (Å²) < 4.78 is 15.1. The average molecular weight is 421 g/mol. The van der Waals surface area contributed by atoms with Crippen LogP contribution in [0.25, 0.3) is 15.9 Å². The van der Waals surface area contributed by atoms with E-state index in [1.807, 2.05) is 17.7 Å². The predicted octanol–water partition coefficient (Wildman–Crippen LogP) is 3.92. The van der Waals surface area contributed by atoms with Crippen LogP contribution in [-0.2, 0) is 0 Å². The maximum atomic E-state index is 13.3. The van der Waals surface area contributed by atoms with Crippen molar-refractivity contribution in [2.75, 3.05) is 13.1 Å². The van der Waals surface area contributed by atoms with Gasteiger partial charge in [-0.15, -0.1) is 23.7 Å². The smallest absolute Gasteiger partial charge is 0.264 e. The van der Waals surface area contributed by atoms with Crippen LogP contribution < -0.4 is 5.32 Å². The molecule has 0 saturated carbocycles. The number of aryl methyl sites for hydroxylation is 1. The van der Waals surface area contributed by atoms with Crippen LogP contribution >= 0.6 is 23.7 Å². The topological polar surface area (TPSA) is 50.2 Å². The molecule has 5 nitrogen and oxygen atoms in total. The first-order chi connectivity index (χ1) is 13.1. The van der Waals surface area contributed by atoms with E-state index < -0.39 is 0 Å². The van der Waals surface area contributed by atoms with Crippen LogP contribution in [0.15, 0.2) is 30.3 Å². The van der Waals surface area contributed by atoms with Crippen molar-refractivity contribution in [1.29, 1.82) is 0 Å². The van der Waals surface area contributed by atoms with E-state index in [0.717, 1.165) is 58.8 Å². The molecule has 2 saturated heterocycles. The molecule has 2 aromatic heterocycles. The Morgan fingerprint density at radius 1 is 1.21 bits per heavy atom. The van der Waals surface area contributed by atoms with Gasteiger partial charge >= 0.3 is 0 Å². The molecule has 3 aromatic rings. The summed E-state index contributed by atoms with van der Waals surface area (Å²) in [5.41, 5.74) is 1.68. The standard InChI is InChI=1S/C20H21FN4OS.ClH/c1-12-17-10-18(19(26)24-14-6-7-16(24)11-22-9-8-14)27-20(17)25(23-12)15-4-2-13(21)3-5-15;/h2-5,10,14,16,22H,6-9,11H2,1H3;1H. The van der Waals surface area contributed by atoms with E-state index in [0.29, 0.717) is 12.1 Å². The number of rotatable bonds is 2. The summed E-state index contributed by atoms with van der Waals surface area (Å²) in [6.45, 7) is 3.81. The van der Waals surface area contributed by atoms with Crippen LogP contribution in [0.5, 0.6) is 0 Å². The summed E-state index contributed by atoms with van der Waals surface area (Å²) in [6.07, 6.45) is 3.21. The van der Waals surface area contributed by atoms with E-state index in [4.69, 9.17) is 0 Å². The molecule has 4 heterocycles. The number of thiophene rings is 1. The number of hydrogen-bond acceptors (Lipinski definition) is 4. The molecule has 5 rings (SSSR count). The fourth-order valence-corrected chi connectivity index (χ4v) is 5.48. The SMILES string of the molecule is Cc1nn(-c2ccc(F)cc2)c2sc(C(=O)N3C4CCNCC3CC4)cc12.Cl. The van der Waals surface area contributed by atoms with Gasteiger partial charge in [0.25, 0.3) is 5.91 Å². The number of fused-ring (bicyclic) bond motifs is 3. The molecule has 0 aliphatic carbocycles. The van der Waals surface area contributed by atoms with Crippen molar-refractivity contribution in [3.8, 4) is 5.69 Å². The van der Waals surface area contributed by atoms with Crippen molar-refractivity contribution in [2.45, 2.75) is 38.3 Å². The van der Waals surface area contributed by atoms with Gasteiger partial charge in [-0.2, -0.15) is 5.10 Å². The first-order valence-corrected chi connectivity index (χ1v) is 10.2. The molecule has 1 N–H and O–H groups in total. The number of nitrogens with one attached hydrogen (secondary N) is 1. The van der Waals surface area contributed by atoms with Gasteiger partial charge in [-0.05, 0) is 63.1 Å². The maximum Gasteiger partial charge on any atom is 0.264 e. The van der Waals surface area contributed by atoms with Crippen molar-refractivity contribution in [2.24, 2.45) is 0 Å². The fourth-order valence-electron chi connectivity index (χ4n) is 4.35. The molecular formula is C20H22ClFN4OS. The summed E-state index contributed by atoms with van der Waals surface area (Å²) in [5.74, 6) is -0.136. The Kier molecular flexibility index (Phi) is 5.16. The summed E-state index contributed by atoms with van der Waals surface area (Å²) in [4.78, 5) is 17.1. The Balaban J connectivity index is 0.00000192. The number of carbonyl (C=O) groups excluding carboxylic acids is 1. The second-order valence-electron chi connectivity index (χ2n) is 7.39. The van der Waals surface area contributed by atoms with E-state index in [1.165, 1.54) is 23.5 Å². The Hall–Kier alpha value is -1.96. The van der Waals surface area contributed by atoms with Gasteiger partial charge in [-0.3, -0.25) is 4.79 Å². The quantitative estimate of drug-likeness (QED) is 0.683. The molecule has 1 amide bonds. The van der Waals surface area contributed by atoms with Crippen LogP contribution in [0, 0.1) is 12.7 Å². The second-order valence-corrected chi connectivity index (χ2v) is 8.42. The fraction of sp³-hybridized carbons (Fsp3) is 0.400. The van der Waals surface area contributed by atoms with Gasteiger partial charge in [0.1, 0.15) is 10.6 Å². The van der Waals surface area contributed by atoms with Crippen LogP contribution in [-0.4, -0.2) is 45.8 Å². The first kappa shape index (κ1) is 19.4. The lowest BCUT2D eigenvalue weighted by atomic mass is 10.1. The molecule has 0 spiro atoms. The van der Waals surface area contributed by atoms with Crippen LogP contribution in [0.2, 0.25) is 0 Å². The van der Waals surface area contributed by atoms with Gasteiger partial charge in [0.2, 0.25) is 0 Å². The molecule has 2 unspecified atom stereocenters. The Labute approximate surface area is 172 Å². The zero-order chi connectivity index (χ0) is 18.5. The third-order valence-corrected chi connectivity index (χ3v) is 6.81. The summed E-state index contributed by atoms with van der Waals surface area (Å²) in [5, 5.41) is 9.03. The van der Waals surface area contributed by atoms with E-state index in [9.17, 15) is 9.18 Å². The van der Waals surface area contributed by atoms with E-state index in [1.54, 1.807) is 12.1 Å². The van der Waals surface area contributed by atoms with Gasteiger partial charge in [0, 0.05) is 24.0 Å². The lowest BCUT2D eigenvalue weighted by molar-refractivity contribution is 0.0685. The molecule has 2 aliphatic heterocycles. The molecule has 1 aromatic carbocycles. The summed E-state index contributed by atoms with van der Waals surface area (Å²) >= 11 is 1.48. The van der Waals surface area contributed by atoms with E-state index in [2.05, 4.69) is 15.3 Å². The lowest BCUT2D eigenvalue weighted by Gasteiger charge is -2.27. The first-order valence-electron chi connectivity index (χ1n) is 9.40. The highest BCUT2D eigenvalue weighted by atomic mass is 35.5. The lowest BCUT2D eigenvalue weighted by Crippen LogP contribution is -2.42. The van der Waals surface area contributed by atoms with Crippen molar-refractivity contribution < 1.29 is 9.18 Å². The summed E-state index contributed by atoms with van der Waals surface area (Å²) in [6, 6.07) is 8.90. The molecule has 2 atom stereocenters. The Morgan fingerprint density at radius 3 is 2.75 bits per heavy atom. The molecule has 8 heteroatoms. The normalized spacial score (nSPS) is 21.6. The molecule has 28 heavy (non-hydrogen) atoms. The molecule has 0 radical (unpaired) electrons.